The highest BCUT2D eigenvalue weighted by atomic mass is 35.5. The number of nitrogens with one attached hydrogen (secondary N) is 1. The summed E-state index contributed by atoms with van der Waals surface area (Å²) in [6.45, 7) is 2.33. The molecule has 1 saturated heterocycles. The van der Waals surface area contributed by atoms with Crippen LogP contribution in [0.25, 0.3) is 10.9 Å². The van der Waals surface area contributed by atoms with Crippen molar-refractivity contribution in [3.8, 4) is 11.8 Å². The van der Waals surface area contributed by atoms with E-state index < -0.39 is 5.82 Å². The van der Waals surface area contributed by atoms with Crippen LogP contribution in [0.15, 0.2) is 11.2 Å². The van der Waals surface area contributed by atoms with Gasteiger partial charge in [0.15, 0.2) is 11.0 Å². The van der Waals surface area contributed by atoms with Crippen molar-refractivity contribution in [2.45, 2.75) is 56.1 Å². The van der Waals surface area contributed by atoms with E-state index in [0.717, 1.165) is 30.6 Å². The molecule has 3 aliphatic carbocycles. The summed E-state index contributed by atoms with van der Waals surface area (Å²) in [6.07, 6.45) is 9.03. The van der Waals surface area contributed by atoms with Gasteiger partial charge in [-0.3, -0.25) is 4.79 Å². The topological polar surface area (TPSA) is 58.1 Å². The van der Waals surface area contributed by atoms with Crippen LogP contribution in [0.5, 0.6) is 0 Å². The minimum Gasteiger partial charge on any atom is -0.380 e. The molecule has 8 heteroatoms. The van der Waals surface area contributed by atoms with Gasteiger partial charge in [0, 0.05) is 31.1 Å². The summed E-state index contributed by atoms with van der Waals surface area (Å²) < 4.78 is 14.8. The number of fused-ring (bicyclic) bond motifs is 2. The van der Waals surface area contributed by atoms with Crippen LogP contribution in [0.3, 0.4) is 0 Å². The number of rotatable bonds is 3. The van der Waals surface area contributed by atoms with E-state index in [-0.39, 0.29) is 22.6 Å². The van der Waals surface area contributed by atoms with E-state index in [4.69, 9.17) is 11.6 Å². The molecule has 0 unspecified atom stereocenters. The first-order valence-corrected chi connectivity index (χ1v) is 12.3. The van der Waals surface area contributed by atoms with Gasteiger partial charge in [-0.1, -0.05) is 23.4 Å². The number of carbonyl (C=O) groups is 1. The van der Waals surface area contributed by atoms with Gasteiger partial charge < -0.3 is 10.2 Å². The predicted molar refractivity (Wildman–Crippen MR) is 122 cm³/mol. The standard InChI is InChI=1S/C23H24ClFN4OS/c1-12(30)29-9-3-4-15(29)7-8-16-20(27-19-13-5-6-14(19)10-13)17-11-26-22(24)18(25)21(17)28-23(16)31-2/h11,13-15,19H,3-6,9-10H2,1-2H3,(H,27,28)/t13-,14+,15-,19-/m1/s1. The van der Waals surface area contributed by atoms with E-state index >= 15 is 0 Å². The molecule has 4 aliphatic rings. The van der Waals surface area contributed by atoms with Crippen LogP contribution >= 0.6 is 23.4 Å². The molecule has 3 saturated carbocycles. The Kier molecular flexibility index (Phi) is 5.47. The number of hydrogen-bond acceptors (Lipinski definition) is 5. The monoisotopic (exact) mass is 458 g/mol. The number of aromatic nitrogens is 2. The van der Waals surface area contributed by atoms with E-state index in [1.165, 1.54) is 31.0 Å². The Morgan fingerprint density at radius 1 is 1.35 bits per heavy atom. The lowest BCUT2D eigenvalue weighted by Gasteiger charge is -2.37. The number of amides is 1. The largest absolute Gasteiger partial charge is 0.380 e. The van der Waals surface area contributed by atoms with Gasteiger partial charge in [0.1, 0.15) is 10.5 Å². The Hall–Kier alpha value is -2.04. The molecule has 4 fully saturated rings. The van der Waals surface area contributed by atoms with Crippen LogP contribution in [0.2, 0.25) is 5.15 Å². The Balaban J connectivity index is 1.64. The number of hydrogen-bond donors (Lipinski definition) is 1. The highest BCUT2D eigenvalue weighted by molar-refractivity contribution is 7.98. The van der Waals surface area contributed by atoms with E-state index in [2.05, 4.69) is 27.1 Å². The number of anilines is 1. The molecule has 2 aromatic heterocycles. The van der Waals surface area contributed by atoms with Crippen LogP contribution < -0.4 is 5.32 Å². The maximum Gasteiger partial charge on any atom is 0.220 e. The number of thioether (sulfide) groups is 1. The fourth-order valence-corrected chi connectivity index (χ4v) is 5.98. The van der Waals surface area contributed by atoms with Crippen molar-refractivity contribution in [2.75, 3.05) is 18.1 Å². The van der Waals surface area contributed by atoms with Gasteiger partial charge in [-0.2, -0.15) is 0 Å². The average molecular weight is 459 g/mol. The first-order valence-electron chi connectivity index (χ1n) is 10.7. The number of nitrogens with zero attached hydrogens (tertiary/aromatic N) is 3. The predicted octanol–water partition coefficient (Wildman–Crippen LogP) is 4.72. The first-order chi connectivity index (χ1) is 15.0. The molecule has 1 amide bonds. The number of halogens is 2. The highest BCUT2D eigenvalue weighted by Crippen LogP contribution is 2.50. The second-order valence-electron chi connectivity index (χ2n) is 8.64. The minimum absolute atomic E-state index is 0.0452. The van der Waals surface area contributed by atoms with Crippen molar-refractivity contribution in [3.63, 3.8) is 0 Å². The van der Waals surface area contributed by atoms with E-state index in [1.54, 1.807) is 13.1 Å². The molecular weight excluding hydrogens is 435 g/mol. The fraction of sp³-hybridized carbons (Fsp3) is 0.522. The van der Waals surface area contributed by atoms with E-state index in [0.29, 0.717) is 28.3 Å². The van der Waals surface area contributed by atoms with Gasteiger partial charge >= 0.3 is 0 Å². The third-order valence-electron chi connectivity index (χ3n) is 6.95. The lowest BCUT2D eigenvalue weighted by Crippen LogP contribution is -2.40. The zero-order valence-electron chi connectivity index (χ0n) is 17.5. The summed E-state index contributed by atoms with van der Waals surface area (Å²) in [5, 5.41) is 4.78. The molecule has 0 spiro atoms. The molecule has 5 nitrogen and oxygen atoms in total. The normalized spacial score (nSPS) is 26.5. The Morgan fingerprint density at radius 3 is 2.81 bits per heavy atom. The molecule has 2 bridgehead atoms. The second-order valence-corrected chi connectivity index (χ2v) is 9.79. The van der Waals surface area contributed by atoms with E-state index in [1.807, 2.05) is 11.2 Å². The third-order valence-corrected chi connectivity index (χ3v) is 7.90. The minimum atomic E-state index is -0.604. The van der Waals surface area contributed by atoms with Gasteiger partial charge in [-0.15, -0.1) is 11.8 Å². The number of carbonyl (C=O) groups excluding carboxylic acids is 1. The molecule has 4 atom stereocenters. The van der Waals surface area contributed by atoms with Crippen LogP contribution in [0, 0.1) is 29.5 Å². The molecule has 162 valence electrons. The first kappa shape index (κ1) is 20.8. The Bertz CT molecular complexity index is 1120. The second kappa shape index (κ2) is 8.14. The number of likely N-dealkylation sites (tertiary alicyclic amines) is 1. The van der Waals surface area contributed by atoms with Crippen LogP contribution in [0.1, 0.15) is 44.6 Å². The van der Waals surface area contributed by atoms with Crippen molar-refractivity contribution in [2.24, 2.45) is 11.8 Å². The molecule has 1 N–H and O–H groups in total. The fourth-order valence-electron chi connectivity index (χ4n) is 5.31. The van der Waals surface area contributed by atoms with Gasteiger partial charge in [0.05, 0.1) is 17.3 Å². The lowest BCUT2D eigenvalue weighted by atomic mass is 9.78. The smallest absolute Gasteiger partial charge is 0.220 e. The highest BCUT2D eigenvalue weighted by Gasteiger charge is 2.47. The molecule has 3 heterocycles. The summed E-state index contributed by atoms with van der Waals surface area (Å²) in [5.74, 6) is 7.37. The molecule has 6 rings (SSSR count). The SMILES string of the molecule is CSc1nc2c(F)c(Cl)ncc2c(N[C@@H]2[C@@H]3CC[C@H]2C3)c1C#C[C@H]1CCCN1C(C)=O. The molecule has 1 aliphatic heterocycles. The summed E-state index contributed by atoms with van der Waals surface area (Å²) in [5.41, 5.74) is 1.76. The molecule has 0 aromatic carbocycles. The van der Waals surface area contributed by atoms with Crippen molar-refractivity contribution < 1.29 is 9.18 Å². The van der Waals surface area contributed by atoms with Crippen molar-refractivity contribution in [1.82, 2.24) is 14.9 Å². The summed E-state index contributed by atoms with van der Waals surface area (Å²) >= 11 is 7.38. The van der Waals surface area contributed by atoms with Crippen LogP contribution in [-0.4, -0.2) is 45.7 Å². The van der Waals surface area contributed by atoms with Gasteiger partial charge in [0.2, 0.25) is 5.91 Å². The maximum atomic E-state index is 14.8. The molecular formula is C23H24ClFN4OS. The van der Waals surface area contributed by atoms with Crippen molar-refractivity contribution in [3.05, 3.63) is 22.7 Å². The molecule has 2 aromatic rings. The van der Waals surface area contributed by atoms with E-state index in [9.17, 15) is 9.18 Å². The zero-order valence-corrected chi connectivity index (χ0v) is 19.1. The average Bonchev–Trinajstić information content (AvgIpc) is 3.50. The summed E-state index contributed by atoms with van der Waals surface area (Å²) in [4.78, 5) is 22.4. The van der Waals surface area contributed by atoms with Crippen LogP contribution in [0.4, 0.5) is 10.1 Å². The molecule has 0 radical (unpaired) electrons. The lowest BCUT2D eigenvalue weighted by molar-refractivity contribution is -0.128. The summed E-state index contributed by atoms with van der Waals surface area (Å²) in [7, 11) is 0. The van der Waals surface area contributed by atoms with Gasteiger partial charge in [-0.25, -0.2) is 14.4 Å². The van der Waals surface area contributed by atoms with Crippen molar-refractivity contribution in [1.29, 1.82) is 0 Å². The molecule has 31 heavy (non-hydrogen) atoms. The van der Waals surface area contributed by atoms with Gasteiger partial charge in [-0.05, 0) is 50.2 Å². The third kappa shape index (κ3) is 3.54. The Labute approximate surface area is 190 Å². The van der Waals surface area contributed by atoms with Crippen LogP contribution in [-0.2, 0) is 4.79 Å². The maximum absolute atomic E-state index is 14.8. The zero-order chi connectivity index (χ0) is 21.7. The van der Waals surface area contributed by atoms with Gasteiger partial charge in [0.25, 0.3) is 0 Å². The number of pyridine rings is 2. The quantitative estimate of drug-likeness (QED) is 0.410. The Morgan fingerprint density at radius 2 is 2.13 bits per heavy atom. The summed E-state index contributed by atoms with van der Waals surface area (Å²) in [6, 6.07) is 0.274. The van der Waals surface area contributed by atoms with Crippen molar-refractivity contribution >= 4 is 45.9 Å².